The summed E-state index contributed by atoms with van der Waals surface area (Å²) in [5.74, 6) is 1.04. The van der Waals surface area contributed by atoms with Crippen molar-refractivity contribution in [2.24, 2.45) is 5.11 Å². The van der Waals surface area contributed by atoms with Crippen LogP contribution in [-0.4, -0.2) is 5.75 Å². The quantitative estimate of drug-likeness (QED) is 0.380. The van der Waals surface area contributed by atoms with E-state index in [2.05, 4.69) is 16.1 Å². The monoisotopic (exact) mass is 191 g/mol. The Morgan fingerprint density at radius 2 is 2.31 bits per heavy atom. The zero-order valence-electron chi connectivity index (χ0n) is 7.05. The van der Waals surface area contributed by atoms with E-state index in [0.717, 1.165) is 12.2 Å². The van der Waals surface area contributed by atoms with Gasteiger partial charge in [0.05, 0.1) is 6.04 Å². The molecule has 0 unspecified atom stereocenters. The summed E-state index contributed by atoms with van der Waals surface area (Å²) in [4.78, 5) is 4.13. The Kier molecular flexibility index (Phi) is 2.43. The number of thioether (sulfide) groups is 1. The molecule has 0 aliphatic carbocycles. The Morgan fingerprint density at radius 3 is 3.15 bits per heavy atom. The molecule has 1 heterocycles. The maximum atomic E-state index is 8.40. The molecular weight excluding hydrogens is 182 g/mol. The molecule has 1 aromatic rings. The summed E-state index contributed by atoms with van der Waals surface area (Å²) in [5, 5.41) is 3.79. The van der Waals surface area contributed by atoms with E-state index >= 15 is 0 Å². The van der Waals surface area contributed by atoms with Gasteiger partial charge in [0, 0.05) is 9.81 Å². The van der Waals surface area contributed by atoms with Crippen molar-refractivity contribution in [1.82, 2.24) is 0 Å². The first kappa shape index (κ1) is 8.48. The van der Waals surface area contributed by atoms with E-state index in [0.29, 0.717) is 0 Å². The molecule has 0 N–H and O–H groups in total. The average Bonchev–Trinajstić information content (AvgIpc) is 2.19. The van der Waals surface area contributed by atoms with Crippen LogP contribution in [-0.2, 0) is 0 Å². The second kappa shape index (κ2) is 3.73. The molecule has 0 amide bonds. The van der Waals surface area contributed by atoms with Crippen LogP contribution in [0.3, 0.4) is 0 Å². The van der Waals surface area contributed by atoms with Crippen molar-refractivity contribution in [1.29, 1.82) is 0 Å². The Balaban J connectivity index is 2.42. The Bertz CT molecular complexity index is 358. The topological polar surface area (TPSA) is 48.8 Å². The minimum absolute atomic E-state index is 0.0439. The molecule has 66 valence electrons. The Labute approximate surface area is 80.8 Å². The van der Waals surface area contributed by atoms with E-state index in [-0.39, 0.29) is 6.04 Å². The first-order valence-corrected chi connectivity index (χ1v) is 5.16. The molecule has 13 heavy (non-hydrogen) atoms. The van der Waals surface area contributed by atoms with E-state index < -0.39 is 0 Å². The van der Waals surface area contributed by atoms with Crippen molar-refractivity contribution >= 4 is 11.8 Å². The van der Waals surface area contributed by atoms with Crippen molar-refractivity contribution in [3.05, 3.63) is 40.3 Å². The largest absolute Gasteiger partial charge is 0.126 e. The van der Waals surface area contributed by atoms with Crippen LogP contribution in [0.5, 0.6) is 0 Å². The molecule has 4 heteroatoms. The van der Waals surface area contributed by atoms with Crippen molar-refractivity contribution in [2.45, 2.75) is 17.4 Å². The highest BCUT2D eigenvalue weighted by atomic mass is 32.2. The van der Waals surface area contributed by atoms with Gasteiger partial charge in [0.1, 0.15) is 0 Å². The van der Waals surface area contributed by atoms with Crippen LogP contribution < -0.4 is 0 Å². The standard InChI is InChI=1S/C9H9N3S/c10-12-11-8-5-6-13-9-4-2-1-3-7(8)9/h1-4,8H,5-6H2/t8-/m1/s1. The number of nitrogens with zero attached hydrogens (tertiary/aromatic N) is 3. The maximum absolute atomic E-state index is 8.40. The second-order valence-corrected chi connectivity index (χ2v) is 4.03. The molecule has 0 saturated heterocycles. The summed E-state index contributed by atoms with van der Waals surface area (Å²) >= 11 is 1.84. The molecule has 0 bridgehead atoms. The van der Waals surface area contributed by atoms with E-state index in [1.165, 1.54) is 10.5 Å². The van der Waals surface area contributed by atoms with Gasteiger partial charge in [-0.05, 0) is 29.3 Å². The molecule has 1 aliphatic rings. The van der Waals surface area contributed by atoms with Crippen molar-refractivity contribution in [3.63, 3.8) is 0 Å². The fraction of sp³-hybridized carbons (Fsp3) is 0.333. The van der Waals surface area contributed by atoms with Gasteiger partial charge in [0.25, 0.3) is 0 Å². The molecule has 3 nitrogen and oxygen atoms in total. The molecule has 0 radical (unpaired) electrons. The van der Waals surface area contributed by atoms with Crippen LogP contribution in [0.25, 0.3) is 10.4 Å². The molecule has 0 spiro atoms. The van der Waals surface area contributed by atoms with Gasteiger partial charge < -0.3 is 0 Å². The van der Waals surface area contributed by atoms with Crippen LogP contribution >= 0.6 is 11.8 Å². The van der Waals surface area contributed by atoms with Gasteiger partial charge in [-0.15, -0.1) is 11.8 Å². The van der Waals surface area contributed by atoms with E-state index in [1.807, 2.05) is 30.0 Å². The van der Waals surface area contributed by atoms with Crippen LogP contribution in [0.4, 0.5) is 0 Å². The van der Waals surface area contributed by atoms with Gasteiger partial charge >= 0.3 is 0 Å². The van der Waals surface area contributed by atoms with Gasteiger partial charge in [-0.25, -0.2) is 0 Å². The molecule has 0 saturated carbocycles. The van der Waals surface area contributed by atoms with E-state index in [9.17, 15) is 0 Å². The van der Waals surface area contributed by atoms with E-state index in [1.54, 1.807) is 0 Å². The lowest BCUT2D eigenvalue weighted by Crippen LogP contribution is -2.03. The highest BCUT2D eigenvalue weighted by Gasteiger charge is 2.18. The highest BCUT2D eigenvalue weighted by molar-refractivity contribution is 7.99. The summed E-state index contributed by atoms with van der Waals surface area (Å²) in [6.45, 7) is 0. The lowest BCUT2D eigenvalue weighted by atomic mass is 10.1. The molecule has 1 atom stereocenters. The first-order chi connectivity index (χ1) is 6.42. The zero-order valence-corrected chi connectivity index (χ0v) is 7.87. The minimum Gasteiger partial charge on any atom is -0.126 e. The summed E-state index contributed by atoms with van der Waals surface area (Å²) in [7, 11) is 0. The molecule has 2 rings (SSSR count). The van der Waals surface area contributed by atoms with Crippen molar-refractivity contribution < 1.29 is 0 Å². The summed E-state index contributed by atoms with van der Waals surface area (Å²) in [6, 6.07) is 8.18. The Hall–Kier alpha value is -1.12. The number of benzene rings is 1. The van der Waals surface area contributed by atoms with Crippen molar-refractivity contribution in [3.8, 4) is 0 Å². The SMILES string of the molecule is [N-]=[N+]=N[C@@H]1CCSc2ccccc21. The third-order valence-corrected chi connectivity index (χ3v) is 3.24. The average molecular weight is 191 g/mol. The van der Waals surface area contributed by atoms with Gasteiger partial charge in [-0.1, -0.05) is 23.3 Å². The van der Waals surface area contributed by atoms with Crippen LogP contribution in [0.2, 0.25) is 0 Å². The van der Waals surface area contributed by atoms with Crippen LogP contribution in [0.15, 0.2) is 34.3 Å². The fourth-order valence-electron chi connectivity index (χ4n) is 1.51. The molecule has 0 aromatic heterocycles. The number of hydrogen-bond donors (Lipinski definition) is 0. The molecular formula is C9H9N3S. The molecule has 0 fully saturated rings. The third kappa shape index (κ3) is 1.64. The second-order valence-electron chi connectivity index (χ2n) is 2.90. The zero-order chi connectivity index (χ0) is 9.10. The lowest BCUT2D eigenvalue weighted by molar-refractivity contribution is 0.675. The first-order valence-electron chi connectivity index (χ1n) is 4.18. The summed E-state index contributed by atoms with van der Waals surface area (Å²) < 4.78 is 0. The summed E-state index contributed by atoms with van der Waals surface area (Å²) in [6.07, 6.45) is 0.950. The van der Waals surface area contributed by atoms with Gasteiger partial charge in [0.2, 0.25) is 0 Å². The predicted molar refractivity (Wildman–Crippen MR) is 53.7 cm³/mol. The minimum atomic E-state index is 0.0439. The van der Waals surface area contributed by atoms with Crippen molar-refractivity contribution in [2.75, 3.05) is 5.75 Å². The number of fused-ring (bicyclic) bond motifs is 1. The Morgan fingerprint density at radius 1 is 1.46 bits per heavy atom. The molecule has 1 aliphatic heterocycles. The summed E-state index contributed by atoms with van der Waals surface area (Å²) in [5.41, 5.74) is 9.57. The molecule has 1 aromatic carbocycles. The lowest BCUT2D eigenvalue weighted by Gasteiger charge is -2.20. The van der Waals surface area contributed by atoms with Crippen LogP contribution in [0, 0.1) is 0 Å². The van der Waals surface area contributed by atoms with E-state index in [4.69, 9.17) is 5.53 Å². The number of azide groups is 1. The number of hydrogen-bond acceptors (Lipinski definition) is 2. The normalized spacial score (nSPS) is 20.2. The van der Waals surface area contributed by atoms with Crippen LogP contribution in [0.1, 0.15) is 18.0 Å². The third-order valence-electron chi connectivity index (χ3n) is 2.12. The maximum Gasteiger partial charge on any atom is 0.0644 e. The van der Waals surface area contributed by atoms with Gasteiger partial charge in [-0.2, -0.15) is 0 Å². The smallest absolute Gasteiger partial charge is 0.0644 e. The van der Waals surface area contributed by atoms with Gasteiger partial charge in [-0.3, -0.25) is 0 Å². The fourth-order valence-corrected chi connectivity index (χ4v) is 2.61. The van der Waals surface area contributed by atoms with Gasteiger partial charge in [0.15, 0.2) is 0 Å². The predicted octanol–water partition coefficient (Wildman–Crippen LogP) is 3.53. The number of rotatable bonds is 1. The highest BCUT2D eigenvalue weighted by Crippen LogP contribution is 2.37.